The second-order valence-corrected chi connectivity index (χ2v) is 5.80. The standard InChI is InChI=1S/C13H24N4O2/c1-10(9-17-7-2-3-8-17)15-12(18)13(5-4-6-13)11(14)16-19/h10,19H,2-9H2,1H3,(H2,14,16)(H,15,18). The Kier molecular flexibility index (Phi) is 4.29. The lowest BCUT2D eigenvalue weighted by molar-refractivity contribution is -0.131. The van der Waals surface area contributed by atoms with Crippen LogP contribution in [0.2, 0.25) is 0 Å². The monoisotopic (exact) mass is 268 g/mol. The van der Waals surface area contributed by atoms with E-state index in [2.05, 4.69) is 15.4 Å². The molecule has 0 spiro atoms. The summed E-state index contributed by atoms with van der Waals surface area (Å²) in [6, 6.07) is 0.0922. The first kappa shape index (κ1) is 14.1. The zero-order valence-electron chi connectivity index (χ0n) is 11.6. The van der Waals surface area contributed by atoms with Crippen LogP contribution in [0.3, 0.4) is 0 Å². The van der Waals surface area contributed by atoms with Crippen molar-refractivity contribution in [2.45, 2.75) is 45.1 Å². The summed E-state index contributed by atoms with van der Waals surface area (Å²) in [5.74, 6) is -0.0506. The Balaban J connectivity index is 1.88. The van der Waals surface area contributed by atoms with E-state index in [9.17, 15) is 4.79 Å². The zero-order chi connectivity index (χ0) is 13.9. The van der Waals surface area contributed by atoms with Crippen LogP contribution in [0.15, 0.2) is 5.16 Å². The number of hydrogen-bond acceptors (Lipinski definition) is 4. The van der Waals surface area contributed by atoms with Gasteiger partial charge in [-0.1, -0.05) is 11.6 Å². The topological polar surface area (TPSA) is 91.0 Å². The molecule has 1 atom stereocenters. The van der Waals surface area contributed by atoms with Crippen molar-refractivity contribution in [3.63, 3.8) is 0 Å². The molecule has 1 unspecified atom stereocenters. The number of nitrogens with two attached hydrogens (primary N) is 1. The van der Waals surface area contributed by atoms with Crippen LogP contribution in [0, 0.1) is 5.41 Å². The lowest BCUT2D eigenvalue weighted by Crippen LogP contribution is -2.56. The molecule has 6 nitrogen and oxygen atoms in total. The van der Waals surface area contributed by atoms with Crippen molar-refractivity contribution in [1.82, 2.24) is 10.2 Å². The Hall–Kier alpha value is -1.30. The Morgan fingerprint density at radius 3 is 2.53 bits per heavy atom. The summed E-state index contributed by atoms with van der Waals surface area (Å²) in [6.45, 7) is 5.12. The fourth-order valence-electron chi connectivity index (χ4n) is 2.99. The van der Waals surface area contributed by atoms with E-state index >= 15 is 0 Å². The van der Waals surface area contributed by atoms with Crippen LogP contribution in [-0.4, -0.2) is 47.5 Å². The van der Waals surface area contributed by atoms with E-state index in [1.165, 1.54) is 12.8 Å². The maximum absolute atomic E-state index is 12.3. The third-order valence-electron chi connectivity index (χ3n) is 4.35. The summed E-state index contributed by atoms with van der Waals surface area (Å²) < 4.78 is 0. The van der Waals surface area contributed by atoms with E-state index < -0.39 is 5.41 Å². The second-order valence-electron chi connectivity index (χ2n) is 5.80. The van der Waals surface area contributed by atoms with Crippen molar-refractivity contribution in [2.75, 3.05) is 19.6 Å². The van der Waals surface area contributed by atoms with Crippen LogP contribution in [0.1, 0.15) is 39.0 Å². The number of carbonyl (C=O) groups excluding carboxylic acids is 1. The van der Waals surface area contributed by atoms with Gasteiger partial charge >= 0.3 is 0 Å². The molecule has 2 rings (SSSR count). The van der Waals surface area contributed by atoms with Crippen molar-refractivity contribution < 1.29 is 10.0 Å². The molecule has 0 aromatic heterocycles. The van der Waals surface area contributed by atoms with E-state index in [1.54, 1.807) is 0 Å². The van der Waals surface area contributed by atoms with Crippen LogP contribution in [0.5, 0.6) is 0 Å². The molecule has 1 aliphatic carbocycles. The largest absolute Gasteiger partial charge is 0.409 e. The minimum absolute atomic E-state index is 0.0459. The van der Waals surface area contributed by atoms with Crippen LogP contribution in [-0.2, 0) is 4.79 Å². The van der Waals surface area contributed by atoms with E-state index in [0.717, 1.165) is 26.1 Å². The van der Waals surface area contributed by atoms with E-state index in [4.69, 9.17) is 10.9 Å². The summed E-state index contributed by atoms with van der Waals surface area (Å²) in [5, 5.41) is 14.9. The first-order chi connectivity index (χ1) is 9.08. The minimum atomic E-state index is -0.770. The first-order valence-corrected chi connectivity index (χ1v) is 7.10. The van der Waals surface area contributed by atoms with Gasteiger partial charge in [-0.25, -0.2) is 0 Å². The highest BCUT2D eigenvalue weighted by molar-refractivity contribution is 6.07. The summed E-state index contributed by atoms with van der Waals surface area (Å²) in [6.07, 6.45) is 4.78. The van der Waals surface area contributed by atoms with Gasteiger partial charge in [0.2, 0.25) is 5.91 Å². The zero-order valence-corrected chi connectivity index (χ0v) is 11.6. The smallest absolute Gasteiger partial charge is 0.234 e. The van der Waals surface area contributed by atoms with Gasteiger partial charge < -0.3 is 21.2 Å². The Morgan fingerprint density at radius 1 is 1.42 bits per heavy atom. The maximum Gasteiger partial charge on any atom is 0.234 e. The van der Waals surface area contributed by atoms with Gasteiger partial charge in [0.15, 0.2) is 5.84 Å². The molecule has 19 heavy (non-hydrogen) atoms. The van der Waals surface area contributed by atoms with Gasteiger partial charge in [0, 0.05) is 12.6 Å². The highest BCUT2D eigenvalue weighted by Crippen LogP contribution is 2.41. The normalized spacial score (nSPS) is 24.8. The summed E-state index contributed by atoms with van der Waals surface area (Å²) in [7, 11) is 0. The minimum Gasteiger partial charge on any atom is -0.409 e. The van der Waals surface area contributed by atoms with Gasteiger partial charge in [0.25, 0.3) is 0 Å². The molecule has 0 aromatic rings. The number of nitrogens with zero attached hydrogens (tertiary/aromatic N) is 2. The van der Waals surface area contributed by atoms with Crippen LogP contribution >= 0.6 is 0 Å². The molecule has 108 valence electrons. The molecule has 1 aliphatic heterocycles. The Bertz CT molecular complexity index is 360. The number of oxime groups is 1. The summed E-state index contributed by atoms with van der Waals surface area (Å²) >= 11 is 0. The number of amidine groups is 1. The van der Waals surface area contributed by atoms with Crippen molar-refractivity contribution in [1.29, 1.82) is 0 Å². The third kappa shape index (κ3) is 2.83. The molecule has 1 saturated carbocycles. The van der Waals surface area contributed by atoms with Crippen molar-refractivity contribution in [3.8, 4) is 0 Å². The van der Waals surface area contributed by atoms with Crippen molar-refractivity contribution in [3.05, 3.63) is 0 Å². The molecular formula is C13H24N4O2. The van der Waals surface area contributed by atoms with Crippen molar-refractivity contribution >= 4 is 11.7 Å². The lowest BCUT2D eigenvalue weighted by Gasteiger charge is -2.39. The fraction of sp³-hybridized carbons (Fsp3) is 0.846. The van der Waals surface area contributed by atoms with Gasteiger partial charge in [-0.15, -0.1) is 0 Å². The predicted octanol–water partition coefficient (Wildman–Crippen LogP) is 0.504. The molecule has 2 fully saturated rings. The van der Waals surface area contributed by atoms with E-state index in [1.807, 2.05) is 6.92 Å². The quantitative estimate of drug-likeness (QED) is 0.293. The van der Waals surface area contributed by atoms with Crippen LogP contribution in [0.25, 0.3) is 0 Å². The van der Waals surface area contributed by atoms with Crippen molar-refractivity contribution in [2.24, 2.45) is 16.3 Å². The van der Waals surface area contributed by atoms with Crippen LogP contribution < -0.4 is 11.1 Å². The second kappa shape index (κ2) is 5.77. The Morgan fingerprint density at radius 2 is 2.05 bits per heavy atom. The SMILES string of the molecule is CC(CN1CCCC1)NC(=O)C1(C(N)=NO)CCC1. The number of amides is 1. The summed E-state index contributed by atoms with van der Waals surface area (Å²) in [4.78, 5) is 14.7. The molecule has 4 N–H and O–H groups in total. The number of nitrogens with one attached hydrogen (secondary N) is 1. The van der Waals surface area contributed by atoms with Gasteiger partial charge in [0.1, 0.15) is 5.41 Å². The number of hydrogen-bond donors (Lipinski definition) is 3. The third-order valence-corrected chi connectivity index (χ3v) is 4.35. The van der Waals surface area contributed by atoms with Gasteiger partial charge in [-0.3, -0.25) is 4.79 Å². The number of likely N-dealkylation sites (tertiary alicyclic amines) is 1. The predicted molar refractivity (Wildman–Crippen MR) is 73.0 cm³/mol. The molecule has 1 heterocycles. The molecule has 0 aromatic carbocycles. The van der Waals surface area contributed by atoms with Gasteiger partial charge in [0.05, 0.1) is 0 Å². The Labute approximate surface area is 114 Å². The average molecular weight is 268 g/mol. The summed E-state index contributed by atoms with van der Waals surface area (Å²) in [5.41, 5.74) is 4.91. The highest BCUT2D eigenvalue weighted by Gasteiger charge is 2.48. The van der Waals surface area contributed by atoms with Gasteiger partial charge in [-0.05, 0) is 45.7 Å². The van der Waals surface area contributed by atoms with Gasteiger partial charge in [-0.2, -0.15) is 0 Å². The molecule has 0 radical (unpaired) electrons. The molecule has 2 aliphatic rings. The average Bonchev–Trinajstić information content (AvgIpc) is 2.79. The fourth-order valence-corrected chi connectivity index (χ4v) is 2.99. The maximum atomic E-state index is 12.3. The molecule has 1 saturated heterocycles. The molecule has 6 heteroatoms. The molecular weight excluding hydrogens is 244 g/mol. The van der Waals surface area contributed by atoms with Crippen LogP contribution in [0.4, 0.5) is 0 Å². The first-order valence-electron chi connectivity index (χ1n) is 7.10. The lowest BCUT2D eigenvalue weighted by atomic mass is 9.67. The number of carbonyl (C=O) groups is 1. The molecule has 1 amide bonds. The molecule has 0 bridgehead atoms. The van der Waals surface area contributed by atoms with E-state index in [-0.39, 0.29) is 17.8 Å². The van der Waals surface area contributed by atoms with E-state index in [0.29, 0.717) is 12.8 Å². The number of rotatable bonds is 5. The highest BCUT2D eigenvalue weighted by atomic mass is 16.4.